The maximum Gasteiger partial charge on any atom is 0.191 e. The Labute approximate surface area is 162 Å². The summed E-state index contributed by atoms with van der Waals surface area (Å²) in [6.45, 7) is 3.41. The van der Waals surface area contributed by atoms with E-state index in [0.717, 1.165) is 30.4 Å². The second-order valence-corrected chi connectivity index (χ2v) is 5.19. The number of aliphatic imine (C=N–C) groups is 1. The summed E-state index contributed by atoms with van der Waals surface area (Å²) in [6, 6.07) is 5.99. The molecule has 24 heavy (non-hydrogen) atoms. The molecule has 2 N–H and O–H groups in total. The van der Waals surface area contributed by atoms with Crippen LogP contribution in [0.15, 0.2) is 23.2 Å². The van der Waals surface area contributed by atoms with E-state index in [1.54, 1.807) is 14.2 Å². The van der Waals surface area contributed by atoms with Crippen molar-refractivity contribution < 1.29 is 9.47 Å². The molecule has 1 aromatic rings. The van der Waals surface area contributed by atoms with Gasteiger partial charge in [0.05, 0.1) is 25.5 Å². The second kappa shape index (κ2) is 14.2. The van der Waals surface area contributed by atoms with Crippen molar-refractivity contribution in [2.45, 2.75) is 13.0 Å². The van der Waals surface area contributed by atoms with E-state index in [4.69, 9.17) is 9.47 Å². The molecule has 0 spiro atoms. The number of rotatable bonds is 10. The number of hydrogen-bond donors (Lipinski definition) is 2. The number of halogens is 1. The molecule has 1 heterocycles. The fourth-order valence-corrected chi connectivity index (χ4v) is 1.83. The highest BCUT2D eigenvalue weighted by molar-refractivity contribution is 14.0. The summed E-state index contributed by atoms with van der Waals surface area (Å²) in [5, 5.41) is 6.52. The van der Waals surface area contributed by atoms with E-state index in [-0.39, 0.29) is 24.0 Å². The second-order valence-electron chi connectivity index (χ2n) is 5.19. The van der Waals surface area contributed by atoms with Gasteiger partial charge >= 0.3 is 0 Å². The molecule has 7 nitrogen and oxygen atoms in total. The molecule has 0 aromatic carbocycles. The molecule has 0 saturated carbocycles. The molecule has 1 aromatic heterocycles. The standard InChI is InChI=1S/C16H29N5O2.HI/c1-17-16(18-9-6-10-23-12-11-22-4)19-13-14-7-5-8-15(20-14)21(2)3;/h5,7-8H,6,9-13H2,1-4H3,(H2,17,18,19);1H. The first-order valence-corrected chi connectivity index (χ1v) is 7.82. The number of aromatic nitrogens is 1. The Hall–Kier alpha value is -1.13. The average molecular weight is 451 g/mol. The molecule has 0 saturated heterocycles. The van der Waals surface area contributed by atoms with E-state index < -0.39 is 0 Å². The number of methoxy groups -OCH3 is 1. The number of hydrogen-bond acceptors (Lipinski definition) is 5. The largest absolute Gasteiger partial charge is 0.382 e. The minimum Gasteiger partial charge on any atom is -0.382 e. The van der Waals surface area contributed by atoms with Gasteiger partial charge in [0.15, 0.2) is 5.96 Å². The topological polar surface area (TPSA) is 71.0 Å². The monoisotopic (exact) mass is 451 g/mol. The summed E-state index contributed by atoms with van der Waals surface area (Å²) < 4.78 is 10.3. The average Bonchev–Trinajstić information content (AvgIpc) is 2.57. The van der Waals surface area contributed by atoms with Gasteiger partial charge in [-0.05, 0) is 18.6 Å². The summed E-state index contributed by atoms with van der Waals surface area (Å²) in [5.74, 6) is 1.71. The minimum absolute atomic E-state index is 0. The molecule has 1 rings (SSSR count). The highest BCUT2D eigenvalue weighted by atomic mass is 127. The van der Waals surface area contributed by atoms with Crippen LogP contribution in [0.25, 0.3) is 0 Å². The van der Waals surface area contributed by atoms with Gasteiger partial charge in [0.1, 0.15) is 5.82 Å². The maximum atomic E-state index is 5.41. The first-order chi connectivity index (χ1) is 11.2. The fraction of sp³-hybridized carbons (Fsp3) is 0.625. The van der Waals surface area contributed by atoms with Crippen molar-refractivity contribution in [1.29, 1.82) is 0 Å². The van der Waals surface area contributed by atoms with E-state index in [2.05, 4.69) is 20.6 Å². The van der Waals surface area contributed by atoms with E-state index in [0.29, 0.717) is 26.4 Å². The third-order valence-electron chi connectivity index (χ3n) is 3.10. The molecule has 0 amide bonds. The summed E-state index contributed by atoms with van der Waals surface area (Å²) in [7, 11) is 7.39. The van der Waals surface area contributed by atoms with Crippen LogP contribution in [-0.2, 0) is 16.0 Å². The summed E-state index contributed by atoms with van der Waals surface area (Å²) in [5.41, 5.74) is 0.974. The summed E-state index contributed by atoms with van der Waals surface area (Å²) in [4.78, 5) is 10.8. The van der Waals surface area contributed by atoms with Crippen molar-refractivity contribution in [2.24, 2.45) is 4.99 Å². The summed E-state index contributed by atoms with van der Waals surface area (Å²) >= 11 is 0. The van der Waals surface area contributed by atoms with Crippen molar-refractivity contribution in [2.75, 3.05) is 59.5 Å². The lowest BCUT2D eigenvalue weighted by Gasteiger charge is -2.14. The predicted octanol–water partition coefficient (Wildman–Crippen LogP) is 1.48. The van der Waals surface area contributed by atoms with Crippen LogP contribution >= 0.6 is 24.0 Å². The van der Waals surface area contributed by atoms with Crippen molar-refractivity contribution >= 4 is 35.8 Å². The lowest BCUT2D eigenvalue weighted by atomic mass is 10.3. The third kappa shape index (κ3) is 9.89. The Balaban J connectivity index is 0.00000529. The lowest BCUT2D eigenvalue weighted by molar-refractivity contribution is 0.0698. The van der Waals surface area contributed by atoms with Gasteiger partial charge < -0.3 is 25.0 Å². The van der Waals surface area contributed by atoms with Gasteiger partial charge in [-0.15, -0.1) is 24.0 Å². The Morgan fingerprint density at radius 1 is 1.21 bits per heavy atom. The van der Waals surface area contributed by atoms with Crippen LogP contribution in [0.3, 0.4) is 0 Å². The molecule has 0 aliphatic rings. The number of nitrogens with zero attached hydrogens (tertiary/aromatic N) is 3. The third-order valence-corrected chi connectivity index (χ3v) is 3.10. The predicted molar refractivity (Wildman–Crippen MR) is 109 cm³/mol. The van der Waals surface area contributed by atoms with Crippen molar-refractivity contribution in [3.05, 3.63) is 23.9 Å². The van der Waals surface area contributed by atoms with Crippen LogP contribution in [0, 0.1) is 0 Å². The van der Waals surface area contributed by atoms with Gasteiger partial charge in [0.2, 0.25) is 0 Å². The molecule has 0 atom stereocenters. The highest BCUT2D eigenvalue weighted by Crippen LogP contribution is 2.07. The lowest BCUT2D eigenvalue weighted by Crippen LogP contribution is -2.37. The zero-order valence-electron chi connectivity index (χ0n) is 15.0. The summed E-state index contributed by atoms with van der Waals surface area (Å²) in [6.07, 6.45) is 0.915. The molecule has 8 heteroatoms. The minimum atomic E-state index is 0. The zero-order chi connectivity index (χ0) is 16.9. The van der Waals surface area contributed by atoms with Crippen molar-refractivity contribution in [3.8, 4) is 0 Å². The first-order valence-electron chi connectivity index (χ1n) is 7.82. The van der Waals surface area contributed by atoms with E-state index >= 15 is 0 Å². The highest BCUT2D eigenvalue weighted by Gasteiger charge is 2.01. The van der Waals surface area contributed by atoms with Gasteiger partial charge in [0.25, 0.3) is 0 Å². The Bertz CT molecular complexity index is 472. The Morgan fingerprint density at radius 3 is 2.67 bits per heavy atom. The van der Waals surface area contributed by atoms with Gasteiger partial charge in [-0.25, -0.2) is 4.98 Å². The smallest absolute Gasteiger partial charge is 0.191 e. The van der Waals surface area contributed by atoms with E-state index in [1.165, 1.54) is 0 Å². The van der Waals surface area contributed by atoms with Crippen LogP contribution in [0.1, 0.15) is 12.1 Å². The molecule has 138 valence electrons. The molecule has 0 aliphatic carbocycles. The number of ether oxygens (including phenoxy) is 2. The molecular weight excluding hydrogens is 421 g/mol. The number of nitrogens with one attached hydrogen (secondary N) is 2. The van der Waals surface area contributed by atoms with Gasteiger partial charge in [-0.2, -0.15) is 0 Å². The van der Waals surface area contributed by atoms with Crippen LogP contribution < -0.4 is 15.5 Å². The van der Waals surface area contributed by atoms with Crippen LogP contribution in [0.5, 0.6) is 0 Å². The number of anilines is 1. The molecule has 0 bridgehead atoms. The fourth-order valence-electron chi connectivity index (χ4n) is 1.83. The van der Waals surface area contributed by atoms with E-state index in [1.807, 2.05) is 37.2 Å². The van der Waals surface area contributed by atoms with Gasteiger partial charge in [-0.1, -0.05) is 6.07 Å². The molecule has 0 radical (unpaired) electrons. The zero-order valence-corrected chi connectivity index (χ0v) is 17.4. The van der Waals surface area contributed by atoms with Gasteiger partial charge in [0, 0.05) is 41.4 Å². The van der Waals surface area contributed by atoms with Gasteiger partial charge in [-0.3, -0.25) is 4.99 Å². The SMILES string of the molecule is CN=C(NCCCOCCOC)NCc1cccc(N(C)C)n1.I. The van der Waals surface area contributed by atoms with Crippen LogP contribution in [0.4, 0.5) is 5.82 Å². The molecule has 0 aliphatic heterocycles. The Kier molecular flexibility index (Phi) is 13.6. The molecular formula is C16H30IN5O2. The molecule has 0 unspecified atom stereocenters. The first kappa shape index (κ1) is 22.9. The van der Waals surface area contributed by atoms with Crippen LogP contribution in [-0.4, -0.2) is 65.6 Å². The van der Waals surface area contributed by atoms with Crippen molar-refractivity contribution in [1.82, 2.24) is 15.6 Å². The quantitative estimate of drug-likeness (QED) is 0.243. The van der Waals surface area contributed by atoms with Crippen LogP contribution in [0.2, 0.25) is 0 Å². The number of pyridine rings is 1. The Morgan fingerprint density at radius 2 is 2.00 bits per heavy atom. The number of guanidine groups is 1. The van der Waals surface area contributed by atoms with Crippen molar-refractivity contribution in [3.63, 3.8) is 0 Å². The maximum absolute atomic E-state index is 5.41. The molecule has 0 fully saturated rings. The van der Waals surface area contributed by atoms with E-state index in [9.17, 15) is 0 Å². The normalized spacial score (nSPS) is 10.9.